The van der Waals surface area contributed by atoms with Crippen LogP contribution in [0.5, 0.6) is 0 Å². The molecule has 0 aromatic carbocycles. The van der Waals surface area contributed by atoms with Crippen molar-refractivity contribution in [3.63, 3.8) is 0 Å². The van der Waals surface area contributed by atoms with E-state index in [1.165, 1.54) is 6.33 Å². The molecule has 0 saturated carbocycles. The van der Waals surface area contributed by atoms with Gasteiger partial charge in [0.15, 0.2) is 5.69 Å². The summed E-state index contributed by atoms with van der Waals surface area (Å²) >= 11 is 0. The maximum atomic E-state index is 13.5. The van der Waals surface area contributed by atoms with E-state index in [1.807, 2.05) is 13.0 Å². The average molecular weight is 441 g/mol. The summed E-state index contributed by atoms with van der Waals surface area (Å²) in [5.41, 5.74) is -0.0725. The van der Waals surface area contributed by atoms with Crippen LogP contribution in [0.1, 0.15) is 67.2 Å². The number of fused-ring (bicyclic) bond motifs is 1. The first-order valence-corrected chi connectivity index (χ1v) is 11.1. The second-order valence-corrected chi connectivity index (χ2v) is 8.74. The van der Waals surface area contributed by atoms with Gasteiger partial charge in [0.05, 0.1) is 25.1 Å². The van der Waals surface area contributed by atoms with Crippen LogP contribution in [0, 0.1) is 5.92 Å². The molecule has 9 nitrogen and oxygen atoms in total. The zero-order valence-corrected chi connectivity index (χ0v) is 19.2. The van der Waals surface area contributed by atoms with Crippen LogP contribution in [-0.2, 0) is 17.9 Å². The van der Waals surface area contributed by atoms with E-state index in [2.05, 4.69) is 34.4 Å². The van der Waals surface area contributed by atoms with Gasteiger partial charge in [-0.15, -0.1) is 0 Å². The van der Waals surface area contributed by atoms with Crippen LogP contribution in [0.25, 0.3) is 0 Å². The van der Waals surface area contributed by atoms with Crippen molar-refractivity contribution in [1.29, 1.82) is 0 Å². The topological polar surface area (TPSA) is 109 Å². The van der Waals surface area contributed by atoms with Crippen LogP contribution in [-0.4, -0.2) is 55.8 Å². The highest BCUT2D eigenvalue weighted by atomic mass is 16.2. The molecule has 0 saturated heterocycles. The van der Waals surface area contributed by atoms with Crippen molar-refractivity contribution in [3.05, 3.63) is 47.8 Å². The van der Waals surface area contributed by atoms with E-state index >= 15 is 0 Å². The molecule has 3 rings (SSSR count). The van der Waals surface area contributed by atoms with Crippen molar-refractivity contribution in [2.24, 2.45) is 5.92 Å². The highest BCUT2D eigenvalue weighted by Crippen LogP contribution is 2.29. The Balaban J connectivity index is 1.82. The number of imidazole rings is 1. The number of aromatic nitrogens is 3. The quantitative estimate of drug-likeness (QED) is 0.620. The fourth-order valence-electron chi connectivity index (χ4n) is 3.85. The van der Waals surface area contributed by atoms with Gasteiger partial charge in [-0.1, -0.05) is 26.8 Å². The number of carbonyl (C=O) groups excluding carboxylic acids is 3. The van der Waals surface area contributed by atoms with Gasteiger partial charge in [-0.3, -0.25) is 19.4 Å². The van der Waals surface area contributed by atoms with Crippen LogP contribution in [0.15, 0.2) is 30.7 Å². The van der Waals surface area contributed by atoms with E-state index in [-0.39, 0.29) is 36.3 Å². The molecule has 9 heteroatoms. The van der Waals surface area contributed by atoms with Crippen LogP contribution >= 0.6 is 0 Å². The molecule has 3 amide bonds. The minimum atomic E-state index is -1.06. The lowest BCUT2D eigenvalue weighted by Gasteiger charge is -2.43. The van der Waals surface area contributed by atoms with Gasteiger partial charge in [-0.05, 0) is 37.8 Å². The molecule has 3 heterocycles. The fourth-order valence-corrected chi connectivity index (χ4v) is 3.85. The smallest absolute Gasteiger partial charge is 0.273 e. The second kappa shape index (κ2) is 9.93. The fraction of sp³-hybridized carbons (Fsp3) is 0.522. The molecule has 0 unspecified atom stereocenters. The first-order chi connectivity index (χ1) is 15.3. The first-order valence-electron chi connectivity index (χ1n) is 11.1. The maximum absolute atomic E-state index is 13.5. The first kappa shape index (κ1) is 23.4. The van der Waals surface area contributed by atoms with Crippen molar-refractivity contribution in [2.45, 2.75) is 59.2 Å². The summed E-state index contributed by atoms with van der Waals surface area (Å²) in [5, 5.41) is 5.75. The lowest BCUT2D eigenvalue weighted by molar-refractivity contribution is -0.132. The van der Waals surface area contributed by atoms with Crippen molar-refractivity contribution in [2.75, 3.05) is 13.1 Å². The molecule has 2 N–H and O–H groups in total. The van der Waals surface area contributed by atoms with Gasteiger partial charge in [0.1, 0.15) is 11.2 Å². The Morgan fingerprint density at radius 2 is 2.00 bits per heavy atom. The van der Waals surface area contributed by atoms with E-state index in [9.17, 15) is 14.4 Å². The standard InChI is InChI=1S/C23H32N6O3/c1-5-12-29-21(31)19-18(20(30)26-13-17-8-6-7-10-24-17)27-15-28(19)14-23(29,4)22(32)25-11-9-16(2)3/h6-8,10,15-16H,5,9,11-14H2,1-4H3,(H,25,32)(H,26,30)/t23-/m1/s1. The van der Waals surface area contributed by atoms with Crippen molar-refractivity contribution in [3.8, 4) is 0 Å². The van der Waals surface area contributed by atoms with Crippen molar-refractivity contribution in [1.82, 2.24) is 30.1 Å². The summed E-state index contributed by atoms with van der Waals surface area (Å²) in [5.74, 6) is -0.532. The normalized spacial score (nSPS) is 17.9. The van der Waals surface area contributed by atoms with Crippen LogP contribution in [0.4, 0.5) is 0 Å². The summed E-state index contributed by atoms with van der Waals surface area (Å²) in [6.07, 6.45) is 4.67. The van der Waals surface area contributed by atoms with Gasteiger partial charge >= 0.3 is 0 Å². The third kappa shape index (κ3) is 4.81. The zero-order valence-electron chi connectivity index (χ0n) is 19.2. The number of pyridine rings is 1. The minimum Gasteiger partial charge on any atom is -0.354 e. The van der Waals surface area contributed by atoms with Crippen molar-refractivity contribution >= 4 is 17.7 Å². The molecule has 0 aliphatic carbocycles. The molecular formula is C23H32N6O3. The minimum absolute atomic E-state index is 0.0642. The highest BCUT2D eigenvalue weighted by Gasteiger charge is 2.48. The number of amides is 3. The summed E-state index contributed by atoms with van der Waals surface area (Å²) in [6.45, 7) is 9.35. The largest absolute Gasteiger partial charge is 0.354 e. The number of rotatable bonds is 9. The number of nitrogens with one attached hydrogen (secondary N) is 2. The maximum Gasteiger partial charge on any atom is 0.273 e. The predicted molar refractivity (Wildman–Crippen MR) is 120 cm³/mol. The van der Waals surface area contributed by atoms with E-state index < -0.39 is 11.4 Å². The Kier molecular flexibility index (Phi) is 7.27. The monoisotopic (exact) mass is 440 g/mol. The molecule has 0 radical (unpaired) electrons. The van der Waals surface area contributed by atoms with Gasteiger partial charge in [0.2, 0.25) is 5.91 Å². The zero-order chi connectivity index (χ0) is 23.3. The number of hydrogen-bond donors (Lipinski definition) is 2. The Morgan fingerprint density at radius 3 is 2.66 bits per heavy atom. The Morgan fingerprint density at radius 1 is 1.22 bits per heavy atom. The van der Waals surface area contributed by atoms with E-state index in [4.69, 9.17) is 0 Å². The third-order valence-electron chi connectivity index (χ3n) is 5.67. The van der Waals surface area contributed by atoms with Crippen LogP contribution < -0.4 is 10.6 Å². The summed E-state index contributed by atoms with van der Waals surface area (Å²) < 4.78 is 1.62. The lowest BCUT2D eigenvalue weighted by Crippen LogP contribution is -2.64. The van der Waals surface area contributed by atoms with Gasteiger partial charge in [-0.2, -0.15) is 0 Å². The number of hydrogen-bond acceptors (Lipinski definition) is 5. The molecule has 0 fully saturated rings. The molecule has 2 aromatic rings. The Bertz CT molecular complexity index is 971. The number of carbonyl (C=O) groups is 3. The summed E-state index contributed by atoms with van der Waals surface area (Å²) in [7, 11) is 0. The average Bonchev–Trinajstić information content (AvgIpc) is 3.19. The van der Waals surface area contributed by atoms with Crippen LogP contribution in [0.2, 0.25) is 0 Å². The lowest BCUT2D eigenvalue weighted by atomic mass is 9.93. The van der Waals surface area contributed by atoms with E-state index in [1.54, 1.807) is 34.7 Å². The molecule has 0 bridgehead atoms. The molecule has 1 aliphatic heterocycles. The van der Waals surface area contributed by atoms with E-state index in [0.29, 0.717) is 31.1 Å². The van der Waals surface area contributed by atoms with Crippen molar-refractivity contribution < 1.29 is 14.4 Å². The van der Waals surface area contributed by atoms with Gasteiger partial charge in [0, 0.05) is 19.3 Å². The Labute approximate surface area is 188 Å². The van der Waals surface area contributed by atoms with Gasteiger partial charge < -0.3 is 20.1 Å². The molecule has 2 aromatic heterocycles. The van der Waals surface area contributed by atoms with E-state index in [0.717, 1.165) is 6.42 Å². The van der Waals surface area contributed by atoms with Gasteiger partial charge in [-0.25, -0.2) is 4.98 Å². The second-order valence-electron chi connectivity index (χ2n) is 8.74. The molecular weight excluding hydrogens is 408 g/mol. The predicted octanol–water partition coefficient (Wildman–Crippen LogP) is 1.99. The summed E-state index contributed by atoms with van der Waals surface area (Å²) in [4.78, 5) is 49.4. The molecule has 0 spiro atoms. The number of nitrogens with zero attached hydrogens (tertiary/aromatic N) is 4. The SMILES string of the molecule is CCCN1C(=O)c2c(C(=O)NCc3ccccn3)ncn2C[C@]1(C)C(=O)NCCC(C)C. The highest BCUT2D eigenvalue weighted by molar-refractivity contribution is 6.07. The third-order valence-corrected chi connectivity index (χ3v) is 5.67. The molecule has 32 heavy (non-hydrogen) atoms. The van der Waals surface area contributed by atoms with Gasteiger partial charge in [0.25, 0.3) is 11.8 Å². The summed E-state index contributed by atoms with van der Waals surface area (Å²) in [6, 6.07) is 5.45. The molecule has 172 valence electrons. The van der Waals surface area contributed by atoms with Crippen LogP contribution in [0.3, 0.4) is 0 Å². The molecule has 1 atom stereocenters. The molecule has 1 aliphatic rings. The Hall–Kier alpha value is -3.23.